The molecule has 2 amide bonds. The molecule has 1 aromatic rings. The van der Waals surface area contributed by atoms with Crippen molar-refractivity contribution in [1.82, 2.24) is 15.1 Å². The van der Waals surface area contributed by atoms with Crippen molar-refractivity contribution in [3.05, 3.63) is 29.8 Å². The third-order valence-corrected chi connectivity index (χ3v) is 8.07. The van der Waals surface area contributed by atoms with Crippen molar-refractivity contribution in [2.45, 2.75) is 82.7 Å². The van der Waals surface area contributed by atoms with E-state index in [2.05, 4.69) is 17.1 Å². The smallest absolute Gasteiger partial charge is 0.246 e. The van der Waals surface area contributed by atoms with Crippen LogP contribution in [-0.2, 0) is 16.0 Å². The highest BCUT2D eigenvalue weighted by atomic mass is 16.5. The number of hydrogen-bond donors (Lipinski definition) is 1. The summed E-state index contributed by atoms with van der Waals surface area (Å²) in [7, 11) is 1.64. The Hall–Kier alpha value is -2.08. The number of rotatable bonds is 8. The van der Waals surface area contributed by atoms with Crippen LogP contribution in [0.1, 0.15) is 70.3 Å². The molecule has 6 heteroatoms. The van der Waals surface area contributed by atoms with Crippen LogP contribution < -0.4 is 10.1 Å². The summed E-state index contributed by atoms with van der Waals surface area (Å²) < 4.78 is 5.24. The molecule has 1 spiro atoms. The maximum Gasteiger partial charge on any atom is 0.246 e. The summed E-state index contributed by atoms with van der Waals surface area (Å²) in [6.45, 7) is 5.78. The molecule has 0 radical (unpaired) electrons. The largest absolute Gasteiger partial charge is 0.497 e. The molecule has 33 heavy (non-hydrogen) atoms. The molecule has 3 aliphatic rings. The molecular formula is C27H41N3O3. The van der Waals surface area contributed by atoms with Gasteiger partial charge in [-0.1, -0.05) is 44.7 Å². The minimum absolute atomic E-state index is 0.0500. The predicted molar refractivity (Wildman–Crippen MR) is 130 cm³/mol. The molecule has 1 N–H and O–H groups in total. The molecular weight excluding hydrogens is 414 g/mol. The Morgan fingerprint density at radius 3 is 2.39 bits per heavy atom. The summed E-state index contributed by atoms with van der Waals surface area (Å²) >= 11 is 0. The Morgan fingerprint density at radius 1 is 1.06 bits per heavy atom. The minimum atomic E-state index is -0.675. The lowest BCUT2D eigenvalue weighted by atomic mass is 9.80. The number of carbonyl (C=O) groups excluding carboxylic acids is 2. The highest BCUT2D eigenvalue weighted by molar-refractivity contribution is 6.00. The fourth-order valence-corrected chi connectivity index (χ4v) is 5.99. The van der Waals surface area contributed by atoms with Gasteiger partial charge in [-0.15, -0.1) is 0 Å². The molecule has 6 nitrogen and oxygen atoms in total. The van der Waals surface area contributed by atoms with Crippen molar-refractivity contribution in [2.24, 2.45) is 5.92 Å². The number of ether oxygens (including phenoxy) is 1. The zero-order valence-corrected chi connectivity index (χ0v) is 20.5. The first-order chi connectivity index (χ1) is 16.1. The van der Waals surface area contributed by atoms with E-state index in [0.29, 0.717) is 13.0 Å². The number of unbranched alkanes of at least 4 members (excludes halogenated alkanes) is 1. The van der Waals surface area contributed by atoms with Crippen LogP contribution in [0.2, 0.25) is 0 Å². The molecule has 3 fully saturated rings. The Kier molecular flexibility index (Phi) is 7.94. The van der Waals surface area contributed by atoms with E-state index in [4.69, 9.17) is 4.74 Å². The van der Waals surface area contributed by atoms with Gasteiger partial charge in [0.25, 0.3) is 0 Å². The van der Waals surface area contributed by atoms with Crippen LogP contribution >= 0.6 is 0 Å². The molecule has 2 saturated heterocycles. The number of hydrogen-bond acceptors (Lipinski definition) is 4. The lowest BCUT2D eigenvalue weighted by Crippen LogP contribution is -2.73. The van der Waals surface area contributed by atoms with Crippen LogP contribution in [0.3, 0.4) is 0 Å². The van der Waals surface area contributed by atoms with Crippen molar-refractivity contribution < 1.29 is 14.3 Å². The normalized spacial score (nSPS) is 24.2. The molecule has 1 aliphatic carbocycles. The van der Waals surface area contributed by atoms with Gasteiger partial charge < -0.3 is 19.9 Å². The van der Waals surface area contributed by atoms with Gasteiger partial charge in [0.2, 0.25) is 11.8 Å². The third-order valence-electron chi connectivity index (χ3n) is 8.07. The summed E-state index contributed by atoms with van der Waals surface area (Å²) in [5, 5.41) is 3.13. The zero-order valence-electron chi connectivity index (χ0n) is 20.5. The Balaban J connectivity index is 1.44. The molecule has 4 rings (SSSR count). The molecule has 182 valence electrons. The first-order valence-electron chi connectivity index (χ1n) is 13.0. The van der Waals surface area contributed by atoms with E-state index in [1.807, 2.05) is 29.2 Å². The van der Waals surface area contributed by atoms with Crippen LogP contribution in [0, 0.1) is 5.92 Å². The van der Waals surface area contributed by atoms with Gasteiger partial charge in [0.1, 0.15) is 17.3 Å². The first-order valence-corrected chi connectivity index (χ1v) is 13.0. The number of carbonyl (C=O) groups is 2. The second-order valence-corrected chi connectivity index (χ2v) is 10.3. The van der Waals surface area contributed by atoms with Gasteiger partial charge >= 0.3 is 0 Å². The standard InChI is InChI=1S/C27H41N3O3/c1-3-4-16-30-25(31)24(19-21-10-12-23(33-2)13-11-21)28-26(32)27(30)14-17-29(18-15-27)20-22-8-6-5-7-9-22/h10-13,22,24H,3-9,14-20H2,1-2H3,(H,28,32). The lowest BCUT2D eigenvalue weighted by molar-refractivity contribution is -0.161. The quantitative estimate of drug-likeness (QED) is 0.648. The highest BCUT2D eigenvalue weighted by Crippen LogP contribution is 2.35. The van der Waals surface area contributed by atoms with Crippen LogP contribution in [0.5, 0.6) is 5.75 Å². The topological polar surface area (TPSA) is 61.9 Å². The van der Waals surface area contributed by atoms with Crippen LogP contribution in [0.15, 0.2) is 24.3 Å². The monoisotopic (exact) mass is 455 g/mol. The Labute approximate surface area is 199 Å². The summed E-state index contributed by atoms with van der Waals surface area (Å²) in [4.78, 5) is 31.7. The maximum atomic E-state index is 13.6. The number of benzene rings is 1. The van der Waals surface area contributed by atoms with Gasteiger partial charge in [0.15, 0.2) is 0 Å². The van der Waals surface area contributed by atoms with Crippen molar-refractivity contribution in [3.63, 3.8) is 0 Å². The van der Waals surface area contributed by atoms with E-state index in [1.54, 1.807) is 7.11 Å². The maximum absolute atomic E-state index is 13.6. The predicted octanol–water partition coefficient (Wildman–Crippen LogP) is 3.78. The molecule has 0 bridgehead atoms. The van der Waals surface area contributed by atoms with Crippen molar-refractivity contribution in [2.75, 3.05) is 33.3 Å². The van der Waals surface area contributed by atoms with E-state index >= 15 is 0 Å². The second-order valence-electron chi connectivity index (χ2n) is 10.3. The highest BCUT2D eigenvalue weighted by Gasteiger charge is 2.53. The number of methoxy groups -OCH3 is 1. The fraction of sp³-hybridized carbons (Fsp3) is 0.704. The minimum Gasteiger partial charge on any atom is -0.497 e. The zero-order chi connectivity index (χ0) is 23.3. The van der Waals surface area contributed by atoms with Crippen molar-refractivity contribution >= 4 is 11.8 Å². The summed E-state index contributed by atoms with van der Waals surface area (Å²) in [5.41, 5.74) is 0.356. The molecule has 1 aromatic carbocycles. The molecule has 2 heterocycles. The number of amides is 2. The van der Waals surface area contributed by atoms with Gasteiger partial charge in [-0.2, -0.15) is 0 Å². The fourth-order valence-electron chi connectivity index (χ4n) is 5.99. The summed E-state index contributed by atoms with van der Waals surface area (Å²) in [5.74, 6) is 1.73. The average molecular weight is 456 g/mol. The number of piperazine rings is 1. The van der Waals surface area contributed by atoms with Crippen LogP contribution in [0.4, 0.5) is 0 Å². The van der Waals surface area contributed by atoms with Gasteiger partial charge in [0.05, 0.1) is 7.11 Å². The van der Waals surface area contributed by atoms with Crippen molar-refractivity contribution in [1.29, 1.82) is 0 Å². The third kappa shape index (κ3) is 5.37. The Morgan fingerprint density at radius 2 is 1.76 bits per heavy atom. The van der Waals surface area contributed by atoms with E-state index in [-0.39, 0.29) is 11.8 Å². The van der Waals surface area contributed by atoms with E-state index in [1.165, 1.54) is 32.1 Å². The van der Waals surface area contributed by atoms with Crippen LogP contribution in [-0.4, -0.2) is 66.5 Å². The number of nitrogens with zero attached hydrogens (tertiary/aromatic N) is 2. The van der Waals surface area contributed by atoms with Gasteiger partial charge in [-0.25, -0.2) is 0 Å². The van der Waals surface area contributed by atoms with E-state index in [0.717, 1.165) is 62.5 Å². The molecule has 1 saturated carbocycles. The average Bonchev–Trinajstić information content (AvgIpc) is 2.85. The van der Waals surface area contributed by atoms with Gasteiger partial charge in [-0.3, -0.25) is 9.59 Å². The number of piperidine rings is 1. The molecule has 1 unspecified atom stereocenters. The number of likely N-dealkylation sites (tertiary alicyclic amines) is 1. The van der Waals surface area contributed by atoms with E-state index in [9.17, 15) is 9.59 Å². The van der Waals surface area contributed by atoms with Crippen LogP contribution in [0.25, 0.3) is 0 Å². The Bertz CT molecular complexity index is 795. The van der Waals surface area contributed by atoms with Gasteiger partial charge in [-0.05, 0) is 55.7 Å². The van der Waals surface area contributed by atoms with E-state index < -0.39 is 11.6 Å². The van der Waals surface area contributed by atoms with Crippen molar-refractivity contribution in [3.8, 4) is 5.75 Å². The lowest BCUT2D eigenvalue weighted by Gasteiger charge is -2.52. The molecule has 2 aliphatic heterocycles. The van der Waals surface area contributed by atoms with Gasteiger partial charge in [0, 0.05) is 32.6 Å². The summed E-state index contributed by atoms with van der Waals surface area (Å²) in [6, 6.07) is 7.27. The molecule has 1 atom stereocenters. The summed E-state index contributed by atoms with van der Waals surface area (Å²) in [6.07, 6.45) is 10.7. The SMILES string of the molecule is CCCCN1C(=O)C(Cc2ccc(OC)cc2)NC(=O)C12CCN(CC1CCCCC1)CC2. The number of nitrogens with one attached hydrogen (secondary N) is 1. The second kappa shape index (κ2) is 10.9. The molecule has 0 aromatic heterocycles. The first kappa shape index (κ1) is 24.1.